The minimum Gasteiger partial charge on any atom is -0.357 e. The van der Waals surface area contributed by atoms with Gasteiger partial charge in [-0.05, 0) is 51.3 Å². The molecule has 28 heavy (non-hydrogen) atoms. The molecule has 1 aliphatic carbocycles. The monoisotopic (exact) mass is 387 g/mol. The van der Waals surface area contributed by atoms with Gasteiger partial charge in [0.05, 0.1) is 6.54 Å². The molecule has 0 aromatic heterocycles. The molecule has 0 saturated heterocycles. The maximum absolute atomic E-state index is 12.4. The first-order chi connectivity index (χ1) is 13.6. The Morgan fingerprint density at radius 3 is 2.21 bits per heavy atom. The molecule has 2 rings (SSSR count). The highest BCUT2D eigenvalue weighted by Gasteiger charge is 2.28. The number of hydrogen-bond donors (Lipinski definition) is 3. The number of amides is 2. The summed E-state index contributed by atoms with van der Waals surface area (Å²) in [5, 5.41) is 9.36. The quantitative estimate of drug-likeness (QED) is 0.324. The molecule has 1 fully saturated rings. The molecule has 1 aromatic rings. The van der Waals surface area contributed by atoms with E-state index in [0.29, 0.717) is 44.2 Å². The molecular formula is C21H33N5O2. The van der Waals surface area contributed by atoms with Crippen LogP contribution in [0.5, 0.6) is 0 Å². The molecule has 0 heterocycles. The highest BCUT2D eigenvalue weighted by Crippen LogP contribution is 2.28. The molecule has 0 bridgehead atoms. The molecule has 0 radical (unpaired) electrons. The normalized spacial score (nSPS) is 13.8. The van der Waals surface area contributed by atoms with Gasteiger partial charge < -0.3 is 20.9 Å². The zero-order valence-corrected chi connectivity index (χ0v) is 17.3. The summed E-state index contributed by atoms with van der Waals surface area (Å²) in [7, 11) is 0. The Bertz CT molecular complexity index is 664. The molecule has 2 amide bonds. The van der Waals surface area contributed by atoms with Crippen molar-refractivity contribution in [2.75, 3.05) is 32.7 Å². The predicted octanol–water partition coefficient (Wildman–Crippen LogP) is 1.75. The van der Waals surface area contributed by atoms with Gasteiger partial charge in [-0.15, -0.1) is 0 Å². The summed E-state index contributed by atoms with van der Waals surface area (Å²) in [6.07, 6.45) is 2.03. The Morgan fingerprint density at radius 1 is 1.00 bits per heavy atom. The molecule has 0 atom stereocenters. The molecule has 7 heteroatoms. The zero-order chi connectivity index (χ0) is 20.4. The smallest absolute Gasteiger partial charge is 0.253 e. The Labute approximate surface area is 168 Å². The molecule has 154 valence electrons. The van der Waals surface area contributed by atoms with Gasteiger partial charge in [-0.25, -0.2) is 4.99 Å². The Balaban J connectivity index is 1.83. The molecule has 1 aromatic carbocycles. The number of rotatable bonds is 10. The van der Waals surface area contributed by atoms with E-state index in [-0.39, 0.29) is 17.7 Å². The fourth-order valence-electron chi connectivity index (χ4n) is 2.81. The first-order valence-electron chi connectivity index (χ1n) is 10.3. The van der Waals surface area contributed by atoms with E-state index in [1.54, 1.807) is 0 Å². The molecule has 0 aliphatic heterocycles. The lowest BCUT2D eigenvalue weighted by molar-refractivity contribution is -0.122. The van der Waals surface area contributed by atoms with Crippen molar-refractivity contribution in [3.05, 3.63) is 35.4 Å². The number of benzene rings is 1. The van der Waals surface area contributed by atoms with E-state index in [1.165, 1.54) is 0 Å². The van der Waals surface area contributed by atoms with Crippen molar-refractivity contribution in [3.63, 3.8) is 0 Å². The van der Waals surface area contributed by atoms with Gasteiger partial charge in [-0.3, -0.25) is 9.59 Å². The van der Waals surface area contributed by atoms with Crippen LogP contribution in [0.4, 0.5) is 0 Å². The van der Waals surface area contributed by atoms with Crippen molar-refractivity contribution < 1.29 is 9.59 Å². The summed E-state index contributed by atoms with van der Waals surface area (Å²) in [6, 6.07) is 7.61. The molecule has 0 unspecified atom stereocenters. The van der Waals surface area contributed by atoms with Crippen LogP contribution in [0.1, 0.15) is 49.5 Å². The third kappa shape index (κ3) is 6.87. The Morgan fingerprint density at radius 2 is 1.64 bits per heavy atom. The summed E-state index contributed by atoms with van der Waals surface area (Å²) >= 11 is 0. The molecule has 0 spiro atoms. The van der Waals surface area contributed by atoms with Gasteiger partial charge in [0.2, 0.25) is 5.91 Å². The first-order valence-corrected chi connectivity index (χ1v) is 10.3. The van der Waals surface area contributed by atoms with Crippen molar-refractivity contribution >= 4 is 17.8 Å². The second kappa shape index (κ2) is 11.3. The molecular weight excluding hydrogens is 354 g/mol. The molecule has 1 aliphatic rings. The summed E-state index contributed by atoms with van der Waals surface area (Å²) in [5.41, 5.74) is 1.74. The number of aliphatic imine (C=N–C) groups is 1. The fourth-order valence-corrected chi connectivity index (χ4v) is 2.81. The number of carbonyl (C=O) groups is 2. The summed E-state index contributed by atoms with van der Waals surface area (Å²) in [6.45, 7) is 9.89. The maximum atomic E-state index is 12.4. The van der Waals surface area contributed by atoms with Crippen LogP contribution in [0.15, 0.2) is 29.3 Å². The second-order valence-electron chi connectivity index (χ2n) is 6.86. The van der Waals surface area contributed by atoms with E-state index < -0.39 is 0 Å². The summed E-state index contributed by atoms with van der Waals surface area (Å²) in [5.74, 6) is 1.16. The van der Waals surface area contributed by atoms with E-state index in [0.717, 1.165) is 24.9 Å². The van der Waals surface area contributed by atoms with Gasteiger partial charge in [0.1, 0.15) is 0 Å². The number of hydrogen-bond acceptors (Lipinski definition) is 3. The van der Waals surface area contributed by atoms with Crippen LogP contribution in [-0.2, 0) is 11.3 Å². The van der Waals surface area contributed by atoms with Gasteiger partial charge in [-0.1, -0.05) is 12.1 Å². The molecule has 1 saturated carbocycles. The van der Waals surface area contributed by atoms with Gasteiger partial charge in [0.15, 0.2) is 5.96 Å². The van der Waals surface area contributed by atoms with Crippen molar-refractivity contribution in [1.29, 1.82) is 0 Å². The third-order valence-corrected chi connectivity index (χ3v) is 4.68. The SMILES string of the molecule is CCNC(=NCc1ccc(C(=O)N(CC)CC)cc1)NCCNC(=O)C1CC1. The lowest BCUT2D eigenvalue weighted by atomic mass is 10.1. The Kier molecular flexibility index (Phi) is 8.78. The molecule has 3 N–H and O–H groups in total. The van der Waals surface area contributed by atoms with E-state index >= 15 is 0 Å². The standard InChI is InChI=1S/C21H33N5O2/c1-4-22-21(24-14-13-23-19(27)17-11-12-17)25-15-16-7-9-18(10-8-16)20(28)26(5-2)6-3/h7-10,17H,4-6,11-15H2,1-3H3,(H,23,27)(H2,22,24,25). The van der Waals surface area contributed by atoms with E-state index in [4.69, 9.17) is 0 Å². The van der Waals surface area contributed by atoms with Crippen LogP contribution in [0, 0.1) is 5.92 Å². The summed E-state index contributed by atoms with van der Waals surface area (Å²) in [4.78, 5) is 30.4. The average molecular weight is 388 g/mol. The van der Waals surface area contributed by atoms with Crippen LogP contribution in [-0.4, -0.2) is 55.4 Å². The second-order valence-corrected chi connectivity index (χ2v) is 6.86. The number of carbonyl (C=O) groups excluding carboxylic acids is 2. The third-order valence-electron chi connectivity index (χ3n) is 4.68. The molecule has 7 nitrogen and oxygen atoms in total. The highest BCUT2D eigenvalue weighted by molar-refractivity contribution is 5.94. The maximum Gasteiger partial charge on any atom is 0.253 e. The number of nitrogens with zero attached hydrogens (tertiary/aromatic N) is 2. The van der Waals surface area contributed by atoms with Crippen LogP contribution in [0.2, 0.25) is 0 Å². The zero-order valence-electron chi connectivity index (χ0n) is 17.3. The fraction of sp³-hybridized carbons (Fsp3) is 0.571. The van der Waals surface area contributed by atoms with Crippen molar-refractivity contribution in [2.45, 2.75) is 40.2 Å². The Hall–Kier alpha value is -2.57. The number of guanidine groups is 1. The largest absolute Gasteiger partial charge is 0.357 e. The van der Waals surface area contributed by atoms with Crippen LogP contribution >= 0.6 is 0 Å². The van der Waals surface area contributed by atoms with Gasteiger partial charge in [0.25, 0.3) is 5.91 Å². The average Bonchev–Trinajstić information content (AvgIpc) is 3.55. The number of nitrogens with one attached hydrogen (secondary N) is 3. The van der Waals surface area contributed by atoms with E-state index in [1.807, 2.05) is 49.9 Å². The first kappa shape index (κ1) is 21.7. The van der Waals surface area contributed by atoms with Crippen LogP contribution in [0.3, 0.4) is 0 Å². The van der Waals surface area contributed by atoms with Gasteiger partial charge in [-0.2, -0.15) is 0 Å². The minimum absolute atomic E-state index is 0.0586. The lowest BCUT2D eigenvalue weighted by Gasteiger charge is -2.18. The van der Waals surface area contributed by atoms with E-state index in [2.05, 4.69) is 20.9 Å². The van der Waals surface area contributed by atoms with Crippen LogP contribution < -0.4 is 16.0 Å². The van der Waals surface area contributed by atoms with Gasteiger partial charge >= 0.3 is 0 Å². The van der Waals surface area contributed by atoms with Crippen LogP contribution in [0.25, 0.3) is 0 Å². The minimum atomic E-state index is 0.0586. The highest BCUT2D eigenvalue weighted by atomic mass is 16.2. The van der Waals surface area contributed by atoms with Crippen molar-refractivity contribution in [3.8, 4) is 0 Å². The van der Waals surface area contributed by atoms with Gasteiger partial charge in [0, 0.05) is 44.2 Å². The van der Waals surface area contributed by atoms with E-state index in [9.17, 15) is 9.59 Å². The van der Waals surface area contributed by atoms with Crippen molar-refractivity contribution in [1.82, 2.24) is 20.9 Å². The lowest BCUT2D eigenvalue weighted by Crippen LogP contribution is -2.41. The summed E-state index contributed by atoms with van der Waals surface area (Å²) < 4.78 is 0. The predicted molar refractivity (Wildman–Crippen MR) is 112 cm³/mol. The van der Waals surface area contributed by atoms with Crippen molar-refractivity contribution in [2.24, 2.45) is 10.9 Å². The topological polar surface area (TPSA) is 85.8 Å².